The number of hydrogen-bond donors (Lipinski definition) is 1. The molecule has 0 fully saturated rings. The highest BCUT2D eigenvalue weighted by Gasteiger charge is 2.00. The first-order valence-electron chi connectivity index (χ1n) is 5.74. The van der Waals surface area contributed by atoms with Crippen LogP contribution >= 0.6 is 0 Å². The Bertz CT molecular complexity index is 479. The van der Waals surface area contributed by atoms with Gasteiger partial charge < -0.3 is 9.73 Å². The van der Waals surface area contributed by atoms with Gasteiger partial charge in [0.15, 0.2) is 0 Å². The molecule has 2 rings (SSSR count). The van der Waals surface area contributed by atoms with Crippen molar-refractivity contribution in [2.45, 2.75) is 19.9 Å². The average Bonchev–Trinajstić information content (AvgIpc) is 2.71. The van der Waals surface area contributed by atoms with E-state index in [0.717, 1.165) is 29.9 Å². The van der Waals surface area contributed by atoms with E-state index in [-0.39, 0.29) is 5.82 Å². The molecule has 0 aliphatic heterocycles. The van der Waals surface area contributed by atoms with Crippen LogP contribution in [0.2, 0.25) is 0 Å². The van der Waals surface area contributed by atoms with Crippen molar-refractivity contribution >= 4 is 0 Å². The number of furan rings is 1. The van der Waals surface area contributed by atoms with E-state index < -0.39 is 0 Å². The van der Waals surface area contributed by atoms with Gasteiger partial charge in [0.25, 0.3) is 0 Å². The Hall–Kier alpha value is -1.61. The molecular weight excluding hydrogens is 217 g/mol. The van der Waals surface area contributed by atoms with E-state index in [0.29, 0.717) is 6.54 Å². The normalized spacial score (nSPS) is 10.7. The van der Waals surface area contributed by atoms with Crippen molar-refractivity contribution in [1.29, 1.82) is 0 Å². The lowest BCUT2D eigenvalue weighted by atomic mass is 10.1. The summed E-state index contributed by atoms with van der Waals surface area (Å²) in [6.45, 7) is 3.55. The number of benzene rings is 1. The molecule has 1 heterocycles. The summed E-state index contributed by atoms with van der Waals surface area (Å²) >= 11 is 0. The van der Waals surface area contributed by atoms with Crippen molar-refractivity contribution in [2.75, 3.05) is 6.54 Å². The molecule has 17 heavy (non-hydrogen) atoms. The number of halogens is 1. The van der Waals surface area contributed by atoms with Gasteiger partial charge in [0.1, 0.15) is 11.6 Å². The topological polar surface area (TPSA) is 25.2 Å². The van der Waals surface area contributed by atoms with Crippen LogP contribution in [0.4, 0.5) is 4.39 Å². The molecule has 0 aliphatic carbocycles. The predicted octanol–water partition coefficient (Wildman–Crippen LogP) is 3.06. The molecule has 0 atom stereocenters. The van der Waals surface area contributed by atoms with Gasteiger partial charge in [-0.05, 0) is 49.2 Å². The van der Waals surface area contributed by atoms with Crippen molar-refractivity contribution in [3.63, 3.8) is 0 Å². The van der Waals surface area contributed by atoms with Crippen LogP contribution in [0.15, 0.2) is 41.0 Å². The zero-order valence-corrected chi connectivity index (χ0v) is 9.87. The van der Waals surface area contributed by atoms with E-state index in [1.165, 1.54) is 6.07 Å². The number of hydrogen-bond acceptors (Lipinski definition) is 2. The molecule has 1 N–H and O–H groups in total. The van der Waals surface area contributed by atoms with Gasteiger partial charge in [-0.25, -0.2) is 4.39 Å². The summed E-state index contributed by atoms with van der Waals surface area (Å²) in [6.07, 6.45) is 2.51. The minimum absolute atomic E-state index is 0.177. The number of aryl methyl sites for hydroxylation is 1. The Morgan fingerprint density at radius 3 is 2.88 bits per heavy atom. The monoisotopic (exact) mass is 233 g/mol. The molecule has 1 aromatic carbocycles. The Labute approximate surface area is 100 Å². The van der Waals surface area contributed by atoms with E-state index in [2.05, 4.69) is 5.32 Å². The highest BCUT2D eigenvalue weighted by molar-refractivity contribution is 5.17. The lowest BCUT2D eigenvalue weighted by Gasteiger charge is -2.04. The maximum atomic E-state index is 12.9. The van der Waals surface area contributed by atoms with Crippen molar-refractivity contribution in [3.8, 4) is 0 Å². The van der Waals surface area contributed by atoms with E-state index in [1.54, 1.807) is 18.4 Å². The molecule has 0 amide bonds. The summed E-state index contributed by atoms with van der Waals surface area (Å²) < 4.78 is 18.2. The van der Waals surface area contributed by atoms with Crippen LogP contribution in [0.3, 0.4) is 0 Å². The van der Waals surface area contributed by atoms with Gasteiger partial charge in [-0.1, -0.05) is 12.1 Å². The smallest absolute Gasteiger partial charge is 0.123 e. The average molecular weight is 233 g/mol. The maximum absolute atomic E-state index is 12.9. The first-order valence-corrected chi connectivity index (χ1v) is 5.74. The van der Waals surface area contributed by atoms with Crippen molar-refractivity contribution in [3.05, 3.63) is 59.3 Å². The summed E-state index contributed by atoms with van der Waals surface area (Å²) in [4.78, 5) is 0. The van der Waals surface area contributed by atoms with Gasteiger partial charge in [0.05, 0.1) is 12.8 Å². The highest BCUT2D eigenvalue weighted by Crippen LogP contribution is 2.08. The molecule has 0 spiro atoms. The molecule has 2 nitrogen and oxygen atoms in total. The van der Waals surface area contributed by atoms with Crippen LogP contribution in [-0.2, 0) is 13.0 Å². The predicted molar refractivity (Wildman–Crippen MR) is 65.3 cm³/mol. The van der Waals surface area contributed by atoms with Crippen molar-refractivity contribution < 1.29 is 8.81 Å². The Kier molecular flexibility index (Phi) is 3.94. The number of rotatable bonds is 5. The zero-order valence-electron chi connectivity index (χ0n) is 9.87. The quantitative estimate of drug-likeness (QED) is 0.803. The zero-order chi connectivity index (χ0) is 12.1. The van der Waals surface area contributed by atoms with Crippen molar-refractivity contribution in [2.24, 2.45) is 0 Å². The summed E-state index contributed by atoms with van der Waals surface area (Å²) in [7, 11) is 0. The summed E-state index contributed by atoms with van der Waals surface area (Å²) in [6, 6.07) is 8.65. The molecule has 2 aromatic rings. The van der Waals surface area contributed by atoms with Crippen LogP contribution in [0.5, 0.6) is 0 Å². The van der Waals surface area contributed by atoms with Gasteiger partial charge in [0, 0.05) is 0 Å². The first-order chi connectivity index (χ1) is 8.25. The largest absolute Gasteiger partial charge is 0.468 e. The second-order valence-electron chi connectivity index (χ2n) is 4.08. The van der Waals surface area contributed by atoms with Gasteiger partial charge in [-0.15, -0.1) is 0 Å². The minimum atomic E-state index is -0.177. The fourth-order valence-corrected chi connectivity index (χ4v) is 1.71. The molecule has 0 saturated heterocycles. The molecular formula is C14H16FNO. The molecule has 3 heteroatoms. The fraction of sp³-hybridized carbons (Fsp3) is 0.286. The molecule has 0 saturated carbocycles. The van der Waals surface area contributed by atoms with Gasteiger partial charge in [-0.3, -0.25) is 0 Å². The summed E-state index contributed by atoms with van der Waals surface area (Å²) in [5, 5.41) is 3.28. The van der Waals surface area contributed by atoms with Gasteiger partial charge >= 0.3 is 0 Å². The van der Waals surface area contributed by atoms with E-state index in [4.69, 9.17) is 4.42 Å². The van der Waals surface area contributed by atoms with Crippen LogP contribution in [0.25, 0.3) is 0 Å². The lowest BCUT2D eigenvalue weighted by molar-refractivity contribution is 0.481. The SMILES string of the molecule is Cc1ccoc1CNCCc1cccc(F)c1. The second-order valence-corrected chi connectivity index (χ2v) is 4.08. The third-order valence-electron chi connectivity index (χ3n) is 2.73. The minimum Gasteiger partial charge on any atom is -0.468 e. The second kappa shape index (κ2) is 5.64. The maximum Gasteiger partial charge on any atom is 0.123 e. The molecule has 0 radical (unpaired) electrons. The van der Waals surface area contributed by atoms with E-state index in [9.17, 15) is 4.39 Å². The fourth-order valence-electron chi connectivity index (χ4n) is 1.71. The Balaban J connectivity index is 1.75. The van der Waals surface area contributed by atoms with Crippen LogP contribution in [0, 0.1) is 12.7 Å². The molecule has 1 aromatic heterocycles. The van der Waals surface area contributed by atoms with Crippen molar-refractivity contribution in [1.82, 2.24) is 5.32 Å². The van der Waals surface area contributed by atoms with Crippen LogP contribution < -0.4 is 5.32 Å². The summed E-state index contributed by atoms with van der Waals surface area (Å²) in [5.41, 5.74) is 2.16. The molecule has 0 unspecified atom stereocenters. The first kappa shape index (κ1) is 11.9. The third kappa shape index (κ3) is 3.43. The Morgan fingerprint density at radius 2 is 2.18 bits per heavy atom. The van der Waals surface area contributed by atoms with Gasteiger partial charge in [-0.2, -0.15) is 0 Å². The highest BCUT2D eigenvalue weighted by atomic mass is 19.1. The van der Waals surface area contributed by atoms with E-state index >= 15 is 0 Å². The number of nitrogens with one attached hydrogen (secondary N) is 1. The van der Waals surface area contributed by atoms with Crippen LogP contribution in [-0.4, -0.2) is 6.54 Å². The molecule has 0 bridgehead atoms. The molecule has 0 aliphatic rings. The standard InChI is InChI=1S/C14H16FNO/c1-11-6-8-17-14(11)10-16-7-5-12-3-2-4-13(15)9-12/h2-4,6,8-9,16H,5,7,10H2,1H3. The summed E-state index contributed by atoms with van der Waals surface area (Å²) in [5.74, 6) is 0.786. The van der Waals surface area contributed by atoms with Gasteiger partial charge in [0.2, 0.25) is 0 Å². The third-order valence-corrected chi connectivity index (χ3v) is 2.73. The Morgan fingerprint density at radius 1 is 1.29 bits per heavy atom. The molecule has 90 valence electrons. The lowest BCUT2D eigenvalue weighted by Crippen LogP contribution is -2.16. The van der Waals surface area contributed by atoms with Crippen LogP contribution in [0.1, 0.15) is 16.9 Å². The van der Waals surface area contributed by atoms with E-state index in [1.807, 2.05) is 19.1 Å².